The van der Waals surface area contributed by atoms with Crippen LogP contribution in [0.15, 0.2) is 83.8 Å². The van der Waals surface area contributed by atoms with E-state index in [9.17, 15) is 9.59 Å². The van der Waals surface area contributed by atoms with Gasteiger partial charge in [0.15, 0.2) is 6.10 Å². The predicted octanol–water partition coefficient (Wildman–Crippen LogP) is 5.50. The van der Waals surface area contributed by atoms with E-state index in [1.165, 1.54) is 30.0 Å². The molecule has 2 saturated heterocycles. The van der Waals surface area contributed by atoms with Gasteiger partial charge in [-0.1, -0.05) is 66.7 Å². The molecule has 0 bridgehead atoms. The molecule has 1 amide bonds. The fourth-order valence-corrected chi connectivity index (χ4v) is 5.46. The highest BCUT2D eigenvalue weighted by Gasteiger charge is 2.45. The van der Waals surface area contributed by atoms with Gasteiger partial charge in [-0.3, -0.25) is 13.9 Å². The van der Waals surface area contributed by atoms with Gasteiger partial charge in [-0.15, -0.1) is 0 Å². The third kappa shape index (κ3) is 4.74. The van der Waals surface area contributed by atoms with Crippen LogP contribution in [0.3, 0.4) is 0 Å². The third-order valence-electron chi connectivity index (χ3n) is 6.30. The van der Waals surface area contributed by atoms with Gasteiger partial charge in [-0.05, 0) is 47.7 Å². The van der Waals surface area contributed by atoms with Gasteiger partial charge >= 0.3 is 5.97 Å². The van der Waals surface area contributed by atoms with Crippen molar-refractivity contribution in [2.24, 2.45) is 0 Å². The van der Waals surface area contributed by atoms with Crippen molar-refractivity contribution in [3.05, 3.63) is 101 Å². The molecule has 0 aliphatic carbocycles. The van der Waals surface area contributed by atoms with Crippen LogP contribution in [0.4, 0.5) is 0 Å². The molecule has 3 atom stereocenters. The number of ether oxygens (including phenoxy) is 2. The van der Waals surface area contributed by atoms with Crippen molar-refractivity contribution in [3.63, 3.8) is 0 Å². The number of benzene rings is 3. The van der Waals surface area contributed by atoms with E-state index in [1.54, 1.807) is 4.31 Å². The van der Waals surface area contributed by atoms with E-state index < -0.39 is 6.10 Å². The van der Waals surface area contributed by atoms with Crippen molar-refractivity contribution in [3.8, 4) is 0 Å². The largest absolute Gasteiger partial charge is 0.455 e. The quantitative estimate of drug-likeness (QED) is 0.142. The van der Waals surface area contributed by atoms with E-state index >= 15 is 0 Å². The summed E-state index contributed by atoms with van der Waals surface area (Å²) in [5, 5.41) is 0. The van der Waals surface area contributed by atoms with Crippen molar-refractivity contribution in [2.45, 2.75) is 49.4 Å². The summed E-state index contributed by atoms with van der Waals surface area (Å²) in [7, 11) is 0. The van der Waals surface area contributed by atoms with Gasteiger partial charge in [0.25, 0.3) is 0 Å². The lowest BCUT2D eigenvalue weighted by Crippen LogP contribution is -2.37. The highest BCUT2D eigenvalue weighted by atomic mass is 32.2. The molecule has 3 aromatic rings. The summed E-state index contributed by atoms with van der Waals surface area (Å²) >= 11 is 1.42. The zero-order valence-corrected chi connectivity index (χ0v) is 20.0. The molecule has 3 aromatic carbocycles. The van der Waals surface area contributed by atoms with E-state index in [2.05, 4.69) is 36.4 Å². The molecule has 6 heteroatoms. The smallest absolute Gasteiger partial charge is 0.303 e. The van der Waals surface area contributed by atoms with Crippen LogP contribution in [0.1, 0.15) is 54.5 Å². The minimum absolute atomic E-state index is 0.00976. The number of β-lactam (4-membered cyclic amide) rings is 1. The summed E-state index contributed by atoms with van der Waals surface area (Å²) in [6.07, 6.45) is -0.146. The standard InChI is InChI=1S/C28H27NO4S/c1-18-27(32-18)28(33-19(2)30)23-17-22(13-14-24(23)34-29-16-15-25(29)31)26(20-9-5-3-6-10-20)21-11-7-4-8-12-21/h3-14,17-18,26-28H,15-16H2,1-2H3. The van der Waals surface area contributed by atoms with Crippen molar-refractivity contribution >= 4 is 23.8 Å². The maximum atomic E-state index is 12.0. The number of epoxide rings is 1. The fraction of sp³-hybridized carbons (Fsp3) is 0.286. The molecular formula is C28H27NO4S. The van der Waals surface area contributed by atoms with Crippen LogP contribution in [-0.2, 0) is 19.1 Å². The lowest BCUT2D eigenvalue weighted by molar-refractivity contribution is -0.148. The Bertz CT molecular complexity index is 1140. The van der Waals surface area contributed by atoms with Crippen LogP contribution in [0, 0.1) is 0 Å². The number of esters is 1. The van der Waals surface area contributed by atoms with Crippen LogP contribution in [-0.4, -0.2) is 34.9 Å². The second-order valence-corrected chi connectivity index (χ2v) is 9.79. The number of rotatable bonds is 8. The van der Waals surface area contributed by atoms with Gasteiger partial charge in [0, 0.05) is 36.3 Å². The molecule has 0 spiro atoms. The van der Waals surface area contributed by atoms with Crippen molar-refractivity contribution in [1.29, 1.82) is 0 Å². The summed E-state index contributed by atoms with van der Waals surface area (Å²) in [6.45, 7) is 4.12. The summed E-state index contributed by atoms with van der Waals surface area (Å²) < 4.78 is 13.3. The second-order valence-electron chi connectivity index (χ2n) is 8.72. The summed E-state index contributed by atoms with van der Waals surface area (Å²) in [5.74, 6) is -0.218. The number of carbonyl (C=O) groups excluding carboxylic acids is 2. The van der Waals surface area contributed by atoms with E-state index in [1.807, 2.05) is 49.4 Å². The molecule has 174 valence electrons. The Morgan fingerprint density at radius 3 is 2.09 bits per heavy atom. The van der Waals surface area contributed by atoms with Gasteiger partial charge in [0.2, 0.25) is 5.91 Å². The van der Waals surface area contributed by atoms with E-state index in [0.29, 0.717) is 6.42 Å². The minimum Gasteiger partial charge on any atom is -0.455 e. The molecule has 0 aromatic heterocycles. The van der Waals surface area contributed by atoms with Gasteiger partial charge in [0.05, 0.1) is 6.10 Å². The number of hydrogen-bond acceptors (Lipinski definition) is 5. The van der Waals surface area contributed by atoms with Crippen LogP contribution >= 0.6 is 11.9 Å². The molecule has 2 fully saturated rings. The lowest BCUT2D eigenvalue weighted by atomic mass is 9.84. The maximum Gasteiger partial charge on any atom is 0.303 e. The molecule has 34 heavy (non-hydrogen) atoms. The first-order chi connectivity index (χ1) is 16.5. The number of hydrogen-bond donors (Lipinski definition) is 0. The van der Waals surface area contributed by atoms with Gasteiger partial charge in [-0.2, -0.15) is 0 Å². The van der Waals surface area contributed by atoms with Gasteiger partial charge < -0.3 is 9.47 Å². The Morgan fingerprint density at radius 1 is 1.00 bits per heavy atom. The molecule has 2 heterocycles. The van der Waals surface area contributed by atoms with Crippen LogP contribution in [0.2, 0.25) is 0 Å². The molecule has 2 aliphatic heterocycles. The molecule has 0 saturated carbocycles. The van der Waals surface area contributed by atoms with E-state index in [4.69, 9.17) is 9.47 Å². The number of carbonyl (C=O) groups is 2. The second kappa shape index (κ2) is 9.65. The maximum absolute atomic E-state index is 12.0. The van der Waals surface area contributed by atoms with Crippen LogP contribution in [0.25, 0.3) is 0 Å². The normalized spacial score (nSPS) is 20.1. The van der Waals surface area contributed by atoms with Gasteiger partial charge in [0.1, 0.15) is 6.10 Å². The molecule has 2 aliphatic rings. The third-order valence-corrected chi connectivity index (χ3v) is 7.48. The molecule has 5 rings (SSSR count). The minimum atomic E-state index is -0.529. The van der Waals surface area contributed by atoms with E-state index in [-0.39, 0.29) is 30.0 Å². The number of amides is 1. The fourth-order valence-electron chi connectivity index (χ4n) is 4.44. The Morgan fingerprint density at radius 2 is 1.62 bits per heavy atom. The Kier molecular flexibility index (Phi) is 6.44. The first kappa shape index (κ1) is 22.7. The summed E-state index contributed by atoms with van der Waals surface area (Å²) in [6, 6.07) is 27.0. The Labute approximate surface area is 204 Å². The highest BCUT2D eigenvalue weighted by molar-refractivity contribution is 7.97. The summed E-state index contributed by atoms with van der Waals surface area (Å²) in [4.78, 5) is 25.0. The monoisotopic (exact) mass is 473 g/mol. The van der Waals surface area contributed by atoms with Crippen LogP contribution < -0.4 is 0 Å². The van der Waals surface area contributed by atoms with Crippen molar-refractivity contribution in [1.82, 2.24) is 4.31 Å². The SMILES string of the molecule is CC(=O)OC(c1cc(C(c2ccccc2)c2ccccc2)ccc1SN1CCC1=O)C1OC1C. The molecule has 5 nitrogen and oxygen atoms in total. The zero-order chi connectivity index (χ0) is 23.7. The van der Waals surface area contributed by atoms with E-state index in [0.717, 1.165) is 22.6 Å². The zero-order valence-electron chi connectivity index (χ0n) is 19.2. The van der Waals surface area contributed by atoms with Crippen molar-refractivity contribution in [2.75, 3.05) is 6.54 Å². The van der Waals surface area contributed by atoms with Crippen LogP contribution in [0.5, 0.6) is 0 Å². The Hall–Kier alpha value is -3.09. The summed E-state index contributed by atoms with van der Waals surface area (Å²) in [5.41, 5.74) is 4.33. The average Bonchev–Trinajstić information content (AvgIpc) is 3.58. The molecule has 0 N–H and O–H groups in total. The predicted molar refractivity (Wildman–Crippen MR) is 131 cm³/mol. The topological polar surface area (TPSA) is 59.1 Å². The Balaban J connectivity index is 1.61. The molecule has 0 radical (unpaired) electrons. The first-order valence-corrected chi connectivity index (χ1v) is 12.3. The molecule has 3 unspecified atom stereocenters. The highest BCUT2D eigenvalue weighted by Crippen LogP contribution is 2.44. The van der Waals surface area contributed by atoms with Crippen molar-refractivity contribution < 1.29 is 19.1 Å². The molecular weight excluding hydrogens is 446 g/mol. The van der Waals surface area contributed by atoms with Gasteiger partial charge in [-0.25, -0.2) is 0 Å². The lowest BCUT2D eigenvalue weighted by Gasteiger charge is -2.31. The average molecular weight is 474 g/mol. The first-order valence-electron chi connectivity index (χ1n) is 11.6. The number of nitrogens with zero attached hydrogens (tertiary/aromatic N) is 1.